The number of hydrogen-bond donors (Lipinski definition) is 1. The fourth-order valence-electron chi connectivity index (χ4n) is 3.38. The Balaban J connectivity index is 1.61. The predicted molar refractivity (Wildman–Crippen MR) is 131 cm³/mol. The van der Waals surface area contributed by atoms with Gasteiger partial charge in [0, 0.05) is 17.1 Å². The Morgan fingerprint density at radius 2 is 1.91 bits per heavy atom. The summed E-state index contributed by atoms with van der Waals surface area (Å²) >= 11 is 7.52. The van der Waals surface area contributed by atoms with Crippen LogP contribution in [0.1, 0.15) is 32.2 Å². The monoisotopic (exact) mass is 465 g/mol. The van der Waals surface area contributed by atoms with Crippen LogP contribution in [0, 0.1) is 0 Å². The molecule has 4 aromatic rings. The summed E-state index contributed by atoms with van der Waals surface area (Å²) in [4.78, 5) is 19.8. The second-order valence-corrected chi connectivity index (χ2v) is 9.87. The van der Waals surface area contributed by atoms with Crippen LogP contribution in [0.5, 0.6) is 0 Å². The van der Waals surface area contributed by atoms with Crippen LogP contribution >= 0.6 is 23.4 Å². The van der Waals surface area contributed by atoms with E-state index in [0.717, 1.165) is 16.5 Å². The maximum Gasteiger partial charge on any atom is 0.258 e. The normalized spacial score (nSPS) is 11.8. The Morgan fingerprint density at radius 3 is 2.59 bits per heavy atom. The van der Waals surface area contributed by atoms with Gasteiger partial charge in [-0.15, -0.1) is 16.8 Å². The molecule has 4 rings (SSSR count). The van der Waals surface area contributed by atoms with Crippen LogP contribution in [0.4, 0.5) is 0 Å². The fourth-order valence-corrected chi connectivity index (χ4v) is 4.37. The van der Waals surface area contributed by atoms with Gasteiger partial charge in [-0.3, -0.25) is 9.36 Å². The van der Waals surface area contributed by atoms with Gasteiger partial charge in [0.1, 0.15) is 5.82 Å². The van der Waals surface area contributed by atoms with Crippen LogP contribution in [0.2, 0.25) is 5.02 Å². The molecule has 0 aliphatic rings. The minimum Gasteiger partial charge on any atom is -0.309 e. The molecule has 2 heterocycles. The van der Waals surface area contributed by atoms with Crippen molar-refractivity contribution in [1.29, 1.82) is 0 Å². The molecule has 0 bridgehead atoms. The van der Waals surface area contributed by atoms with Gasteiger partial charge in [0.15, 0.2) is 11.0 Å². The van der Waals surface area contributed by atoms with Crippen LogP contribution in [0.25, 0.3) is 22.3 Å². The highest BCUT2D eigenvalue weighted by atomic mass is 35.5. The van der Waals surface area contributed by atoms with Crippen LogP contribution in [0.3, 0.4) is 0 Å². The van der Waals surface area contributed by atoms with Crippen molar-refractivity contribution in [2.75, 3.05) is 0 Å². The largest absolute Gasteiger partial charge is 0.309 e. The van der Waals surface area contributed by atoms with E-state index in [1.807, 2.05) is 10.6 Å². The molecule has 164 valence electrons. The lowest BCUT2D eigenvalue weighted by atomic mass is 9.87. The number of halogens is 1. The third-order valence-corrected chi connectivity index (χ3v) is 6.31. The maximum atomic E-state index is 12.4. The first-order valence-electron chi connectivity index (χ1n) is 10.2. The highest BCUT2D eigenvalue weighted by molar-refractivity contribution is 7.98. The van der Waals surface area contributed by atoms with E-state index in [2.05, 4.69) is 71.8 Å². The van der Waals surface area contributed by atoms with E-state index >= 15 is 0 Å². The van der Waals surface area contributed by atoms with Gasteiger partial charge in [0.2, 0.25) is 0 Å². The molecule has 0 atom stereocenters. The molecule has 8 heteroatoms. The molecule has 32 heavy (non-hydrogen) atoms. The number of rotatable bonds is 6. The quantitative estimate of drug-likeness (QED) is 0.296. The number of thioether (sulfide) groups is 1. The van der Waals surface area contributed by atoms with Crippen molar-refractivity contribution >= 4 is 34.3 Å². The third kappa shape index (κ3) is 4.64. The summed E-state index contributed by atoms with van der Waals surface area (Å²) < 4.78 is 2.01. The third-order valence-electron chi connectivity index (χ3n) is 5.09. The first-order chi connectivity index (χ1) is 15.3. The number of aromatic nitrogens is 5. The van der Waals surface area contributed by atoms with Crippen molar-refractivity contribution in [1.82, 2.24) is 24.7 Å². The number of fused-ring (bicyclic) bond motifs is 1. The van der Waals surface area contributed by atoms with E-state index in [0.29, 0.717) is 34.0 Å². The molecule has 0 unspecified atom stereocenters. The number of H-pyrrole nitrogens is 1. The van der Waals surface area contributed by atoms with Gasteiger partial charge >= 0.3 is 0 Å². The summed E-state index contributed by atoms with van der Waals surface area (Å²) in [5, 5.41) is 10.6. The molecule has 2 aromatic carbocycles. The van der Waals surface area contributed by atoms with Crippen LogP contribution < -0.4 is 5.56 Å². The van der Waals surface area contributed by atoms with Crippen LogP contribution in [-0.4, -0.2) is 24.7 Å². The first kappa shape index (κ1) is 22.3. The van der Waals surface area contributed by atoms with Gasteiger partial charge in [-0.25, -0.2) is 4.98 Å². The maximum absolute atomic E-state index is 12.4. The lowest BCUT2D eigenvalue weighted by Gasteiger charge is -2.19. The van der Waals surface area contributed by atoms with E-state index in [1.54, 1.807) is 18.2 Å². The second kappa shape index (κ2) is 8.92. The van der Waals surface area contributed by atoms with E-state index in [1.165, 1.54) is 17.3 Å². The van der Waals surface area contributed by atoms with Crippen molar-refractivity contribution in [2.45, 2.75) is 43.6 Å². The molecule has 0 fully saturated rings. The van der Waals surface area contributed by atoms with Gasteiger partial charge in [-0.05, 0) is 29.2 Å². The Labute approximate surface area is 195 Å². The number of aromatic amines is 1. The fraction of sp³-hybridized carbons (Fsp3) is 0.250. The molecular formula is C24H24ClN5OS. The summed E-state index contributed by atoms with van der Waals surface area (Å²) in [5.41, 5.74) is 2.73. The van der Waals surface area contributed by atoms with Crippen molar-refractivity contribution in [3.05, 3.63) is 81.9 Å². The van der Waals surface area contributed by atoms with E-state index < -0.39 is 0 Å². The Morgan fingerprint density at radius 1 is 1.16 bits per heavy atom. The Bertz CT molecular complexity index is 1340. The van der Waals surface area contributed by atoms with Crippen molar-refractivity contribution in [3.63, 3.8) is 0 Å². The highest BCUT2D eigenvalue weighted by Gasteiger charge is 2.17. The summed E-state index contributed by atoms with van der Waals surface area (Å²) in [6, 6.07) is 13.5. The van der Waals surface area contributed by atoms with Gasteiger partial charge in [0.05, 0.1) is 16.7 Å². The van der Waals surface area contributed by atoms with Gasteiger partial charge in [-0.2, -0.15) is 0 Å². The molecule has 0 amide bonds. The highest BCUT2D eigenvalue weighted by Crippen LogP contribution is 2.28. The zero-order chi connectivity index (χ0) is 22.9. The van der Waals surface area contributed by atoms with Crippen molar-refractivity contribution in [2.24, 2.45) is 0 Å². The molecule has 0 saturated heterocycles. The minimum absolute atomic E-state index is 0.0856. The van der Waals surface area contributed by atoms with E-state index in [4.69, 9.17) is 11.6 Å². The molecular weight excluding hydrogens is 442 g/mol. The number of hydrogen-bond acceptors (Lipinski definition) is 5. The number of allylic oxidation sites excluding steroid dienone is 1. The lowest BCUT2D eigenvalue weighted by molar-refractivity contribution is 0.590. The smallest absolute Gasteiger partial charge is 0.258 e. The average molecular weight is 466 g/mol. The molecule has 0 radical (unpaired) electrons. The predicted octanol–water partition coefficient (Wildman–Crippen LogP) is 5.61. The molecule has 6 nitrogen and oxygen atoms in total. The zero-order valence-electron chi connectivity index (χ0n) is 18.2. The Kier molecular flexibility index (Phi) is 6.22. The molecule has 0 aliphatic heterocycles. The molecule has 0 saturated carbocycles. The topological polar surface area (TPSA) is 76.5 Å². The Hall–Kier alpha value is -2.90. The van der Waals surface area contributed by atoms with Gasteiger partial charge in [0.25, 0.3) is 5.56 Å². The van der Waals surface area contributed by atoms with Crippen molar-refractivity contribution < 1.29 is 0 Å². The lowest BCUT2D eigenvalue weighted by Crippen LogP contribution is -2.11. The zero-order valence-corrected chi connectivity index (χ0v) is 19.8. The number of benzene rings is 2. The summed E-state index contributed by atoms with van der Waals surface area (Å²) in [6.07, 6.45) is 1.82. The SMILES string of the molecule is C=CCn1c(SCc2nc3cc(Cl)ccc3c(=O)[nH]2)nnc1-c1ccc(C(C)(C)C)cc1. The molecule has 0 aliphatic carbocycles. The average Bonchev–Trinajstić information content (AvgIpc) is 3.14. The molecule has 0 spiro atoms. The van der Waals surface area contributed by atoms with Crippen molar-refractivity contribution in [3.8, 4) is 11.4 Å². The van der Waals surface area contributed by atoms with E-state index in [-0.39, 0.29) is 11.0 Å². The minimum atomic E-state index is -0.186. The summed E-state index contributed by atoms with van der Waals surface area (Å²) in [7, 11) is 0. The van der Waals surface area contributed by atoms with Crippen LogP contribution in [-0.2, 0) is 17.7 Å². The van der Waals surface area contributed by atoms with Gasteiger partial charge in [-0.1, -0.05) is 74.5 Å². The summed E-state index contributed by atoms with van der Waals surface area (Å²) in [6.45, 7) is 11.0. The standard InChI is InChI=1S/C24H24ClN5OS/c1-5-12-30-21(15-6-8-16(9-7-15)24(2,3)4)28-29-23(30)32-14-20-26-19-13-17(25)10-11-18(19)22(31)27-20/h5-11,13H,1,12,14H2,2-4H3,(H,26,27,31). The van der Waals surface area contributed by atoms with E-state index in [9.17, 15) is 4.79 Å². The number of nitrogens with one attached hydrogen (secondary N) is 1. The second-order valence-electron chi connectivity index (χ2n) is 8.50. The van der Waals surface area contributed by atoms with Crippen LogP contribution in [0.15, 0.2) is 65.1 Å². The molecule has 1 N–H and O–H groups in total. The van der Waals surface area contributed by atoms with Gasteiger partial charge < -0.3 is 4.98 Å². The first-order valence-corrected chi connectivity index (χ1v) is 11.6. The number of nitrogens with zero attached hydrogens (tertiary/aromatic N) is 4. The summed E-state index contributed by atoms with van der Waals surface area (Å²) in [5.74, 6) is 1.77. The molecule has 2 aromatic heterocycles.